The van der Waals surface area contributed by atoms with Crippen LogP contribution in [0.25, 0.3) is 0 Å². The highest BCUT2D eigenvalue weighted by Crippen LogP contribution is 2.25. The molecule has 2 amide bonds. The van der Waals surface area contributed by atoms with E-state index in [2.05, 4.69) is 26.6 Å². The number of aliphatic hydroxyl groups excluding tert-OH is 2. The normalized spacial score (nSPS) is 12.0. The zero-order valence-electron chi connectivity index (χ0n) is 8.78. The lowest BCUT2D eigenvalue weighted by Crippen LogP contribution is -2.36. The van der Waals surface area contributed by atoms with Crippen molar-refractivity contribution in [1.82, 2.24) is 5.32 Å². The summed E-state index contributed by atoms with van der Waals surface area (Å²) in [6.07, 6.45) is -0.964. The van der Waals surface area contributed by atoms with Gasteiger partial charge in [0.15, 0.2) is 0 Å². The van der Waals surface area contributed by atoms with E-state index in [1.807, 2.05) is 0 Å². The first kappa shape index (κ1) is 14.2. The van der Waals surface area contributed by atoms with Crippen LogP contribution in [0.3, 0.4) is 0 Å². The topological polar surface area (TPSA) is 81.6 Å². The predicted molar refractivity (Wildman–Crippen MR) is 69.3 cm³/mol. The van der Waals surface area contributed by atoms with Gasteiger partial charge in [0.2, 0.25) is 0 Å². The quantitative estimate of drug-likeness (QED) is 0.679. The van der Waals surface area contributed by atoms with Gasteiger partial charge in [-0.15, -0.1) is 0 Å². The van der Waals surface area contributed by atoms with Crippen LogP contribution in [0.5, 0.6) is 0 Å². The molecule has 4 N–H and O–H groups in total. The molecule has 7 heteroatoms. The number of anilines is 1. The van der Waals surface area contributed by atoms with Gasteiger partial charge in [0.25, 0.3) is 0 Å². The first-order chi connectivity index (χ1) is 8.02. The van der Waals surface area contributed by atoms with Crippen molar-refractivity contribution in [1.29, 1.82) is 0 Å². The van der Waals surface area contributed by atoms with Crippen LogP contribution in [0.4, 0.5) is 10.5 Å². The number of rotatable bonds is 4. The summed E-state index contributed by atoms with van der Waals surface area (Å²) < 4.78 is 0.737. The van der Waals surface area contributed by atoms with E-state index in [1.54, 1.807) is 18.2 Å². The minimum atomic E-state index is -0.964. The van der Waals surface area contributed by atoms with Crippen molar-refractivity contribution < 1.29 is 15.0 Å². The molecule has 0 aliphatic rings. The zero-order valence-corrected chi connectivity index (χ0v) is 11.1. The summed E-state index contributed by atoms with van der Waals surface area (Å²) in [4.78, 5) is 11.4. The van der Waals surface area contributed by atoms with Crippen molar-refractivity contribution in [3.63, 3.8) is 0 Å². The molecule has 0 saturated carbocycles. The summed E-state index contributed by atoms with van der Waals surface area (Å²) in [5.41, 5.74) is 0.536. The highest BCUT2D eigenvalue weighted by Gasteiger charge is 2.06. The Balaban J connectivity index is 2.48. The van der Waals surface area contributed by atoms with Crippen LogP contribution < -0.4 is 10.6 Å². The van der Waals surface area contributed by atoms with Crippen molar-refractivity contribution >= 4 is 39.2 Å². The van der Waals surface area contributed by atoms with Gasteiger partial charge in [-0.05, 0) is 34.1 Å². The molecule has 0 radical (unpaired) electrons. The highest BCUT2D eigenvalue weighted by molar-refractivity contribution is 9.10. The Kier molecular flexibility index (Phi) is 5.70. The van der Waals surface area contributed by atoms with Crippen LogP contribution >= 0.6 is 27.5 Å². The van der Waals surface area contributed by atoms with Crippen LogP contribution in [0.15, 0.2) is 22.7 Å². The fourth-order valence-corrected chi connectivity index (χ4v) is 1.45. The van der Waals surface area contributed by atoms with Crippen molar-refractivity contribution in [2.45, 2.75) is 6.10 Å². The lowest BCUT2D eigenvalue weighted by Gasteiger charge is -2.10. The SMILES string of the molecule is O=C(NC[C@H](O)CO)Nc1ccc(Br)c(Cl)c1. The number of aliphatic hydroxyl groups is 2. The lowest BCUT2D eigenvalue weighted by atomic mass is 10.3. The standard InChI is InChI=1S/C10H12BrClN2O3/c11-8-2-1-6(3-9(8)12)14-10(17)13-4-7(16)5-15/h1-3,7,15-16H,4-5H2,(H2,13,14,17)/t7-/m0/s1. The summed E-state index contributed by atoms with van der Waals surface area (Å²) in [5.74, 6) is 0. The molecule has 0 aliphatic heterocycles. The van der Waals surface area contributed by atoms with Gasteiger partial charge in [0.05, 0.1) is 17.7 Å². The molecule has 0 aromatic heterocycles. The van der Waals surface area contributed by atoms with Gasteiger partial charge in [-0.1, -0.05) is 11.6 Å². The van der Waals surface area contributed by atoms with Crippen LogP contribution in [0.2, 0.25) is 5.02 Å². The average Bonchev–Trinajstić information content (AvgIpc) is 2.31. The molecule has 5 nitrogen and oxygen atoms in total. The van der Waals surface area contributed by atoms with E-state index in [0.29, 0.717) is 10.7 Å². The molecule has 94 valence electrons. The molecule has 0 aliphatic carbocycles. The molecule has 0 bridgehead atoms. The maximum atomic E-state index is 11.4. The van der Waals surface area contributed by atoms with Crippen LogP contribution in [0, 0.1) is 0 Å². The molecule has 0 saturated heterocycles. The zero-order chi connectivity index (χ0) is 12.8. The van der Waals surface area contributed by atoms with Gasteiger partial charge in [-0.3, -0.25) is 0 Å². The van der Waals surface area contributed by atoms with Gasteiger partial charge >= 0.3 is 6.03 Å². The monoisotopic (exact) mass is 322 g/mol. The van der Waals surface area contributed by atoms with E-state index in [0.717, 1.165) is 4.47 Å². The minimum Gasteiger partial charge on any atom is -0.394 e. The summed E-state index contributed by atoms with van der Waals surface area (Å²) in [6.45, 7) is -0.420. The van der Waals surface area contributed by atoms with Gasteiger partial charge in [-0.25, -0.2) is 4.79 Å². The Morgan fingerprint density at radius 1 is 1.53 bits per heavy atom. The van der Waals surface area contributed by atoms with Crippen LogP contribution in [-0.4, -0.2) is 35.5 Å². The number of nitrogens with one attached hydrogen (secondary N) is 2. The van der Waals surface area contributed by atoms with Crippen molar-refractivity contribution in [2.75, 3.05) is 18.5 Å². The van der Waals surface area contributed by atoms with Gasteiger partial charge in [-0.2, -0.15) is 0 Å². The van der Waals surface area contributed by atoms with Crippen LogP contribution in [0.1, 0.15) is 0 Å². The maximum absolute atomic E-state index is 11.4. The number of halogens is 2. The summed E-state index contributed by atoms with van der Waals surface area (Å²) in [6, 6.07) is 4.50. The van der Waals surface area contributed by atoms with Gasteiger partial charge in [0.1, 0.15) is 0 Å². The van der Waals surface area contributed by atoms with Crippen LogP contribution in [-0.2, 0) is 0 Å². The second kappa shape index (κ2) is 6.80. The molecular weight excluding hydrogens is 311 g/mol. The number of carbonyl (C=O) groups excluding carboxylic acids is 1. The Labute approximate surface area is 112 Å². The van der Waals surface area contributed by atoms with E-state index in [1.165, 1.54) is 0 Å². The smallest absolute Gasteiger partial charge is 0.319 e. The van der Waals surface area contributed by atoms with E-state index < -0.39 is 18.7 Å². The second-order valence-corrected chi connectivity index (χ2v) is 4.56. The Morgan fingerprint density at radius 2 is 2.24 bits per heavy atom. The molecule has 0 fully saturated rings. The number of hydrogen-bond acceptors (Lipinski definition) is 3. The number of benzene rings is 1. The van der Waals surface area contributed by atoms with E-state index in [9.17, 15) is 4.79 Å². The third kappa shape index (κ3) is 4.91. The molecule has 1 atom stereocenters. The third-order valence-corrected chi connectivity index (χ3v) is 3.12. The van der Waals surface area contributed by atoms with E-state index >= 15 is 0 Å². The number of amides is 2. The summed E-state index contributed by atoms with van der Waals surface area (Å²) >= 11 is 9.09. The second-order valence-electron chi connectivity index (χ2n) is 3.30. The minimum absolute atomic E-state index is 0.0212. The molecule has 17 heavy (non-hydrogen) atoms. The van der Waals surface area contributed by atoms with Crippen molar-refractivity contribution in [3.8, 4) is 0 Å². The highest BCUT2D eigenvalue weighted by atomic mass is 79.9. The molecule has 0 heterocycles. The number of urea groups is 1. The van der Waals surface area contributed by atoms with Crippen molar-refractivity contribution in [2.24, 2.45) is 0 Å². The summed E-state index contributed by atoms with van der Waals surface area (Å²) in [5, 5.41) is 23.0. The number of hydrogen-bond donors (Lipinski definition) is 4. The first-order valence-electron chi connectivity index (χ1n) is 4.81. The molecule has 1 aromatic carbocycles. The van der Waals surface area contributed by atoms with Gasteiger partial charge < -0.3 is 20.8 Å². The molecular formula is C10H12BrClN2O3. The predicted octanol–water partition coefficient (Wildman–Crippen LogP) is 1.58. The number of carbonyl (C=O) groups is 1. The third-order valence-electron chi connectivity index (χ3n) is 1.89. The largest absolute Gasteiger partial charge is 0.394 e. The Hall–Kier alpha value is -0.820. The molecule has 1 rings (SSSR count). The first-order valence-corrected chi connectivity index (χ1v) is 5.99. The maximum Gasteiger partial charge on any atom is 0.319 e. The lowest BCUT2D eigenvalue weighted by molar-refractivity contribution is 0.0965. The molecule has 0 spiro atoms. The van der Waals surface area contributed by atoms with Crippen molar-refractivity contribution in [3.05, 3.63) is 27.7 Å². The average molecular weight is 324 g/mol. The fourth-order valence-electron chi connectivity index (χ4n) is 1.02. The van der Waals surface area contributed by atoms with Gasteiger partial charge in [0, 0.05) is 16.7 Å². The Morgan fingerprint density at radius 3 is 2.82 bits per heavy atom. The fraction of sp³-hybridized carbons (Fsp3) is 0.300. The Bertz CT molecular complexity index is 403. The van der Waals surface area contributed by atoms with E-state index in [-0.39, 0.29) is 6.54 Å². The van der Waals surface area contributed by atoms with E-state index in [4.69, 9.17) is 21.8 Å². The summed E-state index contributed by atoms with van der Waals surface area (Å²) in [7, 11) is 0. The molecule has 1 aromatic rings. The molecule has 0 unspecified atom stereocenters.